The number of carbonyl (C=O) groups excluding carboxylic acids is 1. The van der Waals surface area contributed by atoms with E-state index < -0.39 is 5.82 Å². The quantitative estimate of drug-likeness (QED) is 0.271. The molecule has 7 rings (SSSR count). The van der Waals surface area contributed by atoms with E-state index in [1.807, 2.05) is 12.1 Å². The standard InChI is InChI=1S/C34H39ClFN7O4/c1-3-34(44)40-27-15-28(31(45-2)16-30(27)41-11-8-22(9-12-41)42-18-23-5-6-24(19-42)47-23)39-32-17-33(38-20-37-32)43-29(10-13-46-43)21-4-7-26(36)25(35)14-21/h3-4,7,14-17,20,22-24,29H,1,5-6,8-13,18-19H2,2H3,(H,40,44)(H,37,38,39)/t23-,24+,29-/m1/s1. The Hall–Kier alpha value is -3.97. The highest BCUT2D eigenvalue weighted by Crippen LogP contribution is 2.41. The molecule has 1 aromatic heterocycles. The van der Waals surface area contributed by atoms with Gasteiger partial charge >= 0.3 is 0 Å². The van der Waals surface area contributed by atoms with E-state index in [1.54, 1.807) is 30.4 Å². The molecule has 2 aromatic carbocycles. The number of fused-ring (bicyclic) bond motifs is 2. The third kappa shape index (κ3) is 6.73. The summed E-state index contributed by atoms with van der Waals surface area (Å²) in [6.45, 7) is 7.87. The van der Waals surface area contributed by atoms with Crippen molar-refractivity contribution in [2.24, 2.45) is 0 Å². The van der Waals surface area contributed by atoms with Crippen molar-refractivity contribution in [2.75, 3.05) is 60.5 Å². The number of nitrogens with zero attached hydrogens (tertiary/aromatic N) is 5. The summed E-state index contributed by atoms with van der Waals surface area (Å²) < 4.78 is 25.7. The van der Waals surface area contributed by atoms with Crippen molar-refractivity contribution in [1.29, 1.82) is 0 Å². The van der Waals surface area contributed by atoms with Gasteiger partial charge in [0.05, 0.1) is 54.1 Å². The van der Waals surface area contributed by atoms with E-state index in [0.29, 0.717) is 60.0 Å². The second-order valence-electron chi connectivity index (χ2n) is 12.4. The topological polar surface area (TPSA) is 104 Å². The highest BCUT2D eigenvalue weighted by molar-refractivity contribution is 6.30. The first-order valence-corrected chi connectivity index (χ1v) is 16.5. The van der Waals surface area contributed by atoms with Crippen molar-refractivity contribution in [3.63, 3.8) is 0 Å². The number of amides is 1. The largest absolute Gasteiger partial charge is 0.494 e. The zero-order valence-electron chi connectivity index (χ0n) is 26.3. The average Bonchev–Trinajstić information content (AvgIpc) is 3.72. The lowest BCUT2D eigenvalue weighted by Crippen LogP contribution is -2.51. The molecule has 47 heavy (non-hydrogen) atoms. The molecule has 3 atom stereocenters. The number of morpholine rings is 1. The van der Waals surface area contributed by atoms with Crippen LogP contribution in [0.1, 0.15) is 43.7 Å². The number of methoxy groups -OCH3 is 1. The summed E-state index contributed by atoms with van der Waals surface area (Å²) in [4.78, 5) is 32.3. The fourth-order valence-corrected chi connectivity index (χ4v) is 7.38. The number of aromatic nitrogens is 2. The number of likely N-dealkylation sites (tertiary alicyclic amines) is 1. The van der Waals surface area contributed by atoms with Crippen molar-refractivity contribution in [2.45, 2.75) is 56.4 Å². The molecule has 11 nitrogen and oxygen atoms in total. The molecule has 4 fully saturated rings. The van der Waals surface area contributed by atoms with Gasteiger partial charge < -0.3 is 25.0 Å². The fraction of sp³-hybridized carbons (Fsp3) is 0.441. The van der Waals surface area contributed by atoms with Crippen LogP contribution in [0.2, 0.25) is 5.02 Å². The number of hydroxylamine groups is 1. The maximum Gasteiger partial charge on any atom is 0.247 e. The highest BCUT2D eigenvalue weighted by atomic mass is 35.5. The summed E-state index contributed by atoms with van der Waals surface area (Å²) in [5.74, 6) is 0.844. The van der Waals surface area contributed by atoms with Crippen LogP contribution in [-0.2, 0) is 14.4 Å². The highest BCUT2D eigenvalue weighted by Gasteiger charge is 2.38. The number of hydrogen-bond donors (Lipinski definition) is 2. The number of ether oxygens (including phenoxy) is 2. The number of halogens is 2. The Balaban J connectivity index is 1.11. The van der Waals surface area contributed by atoms with Crippen LogP contribution in [-0.4, -0.2) is 78.9 Å². The van der Waals surface area contributed by atoms with Crippen molar-refractivity contribution < 1.29 is 23.5 Å². The Kier molecular flexibility index (Phi) is 9.17. The van der Waals surface area contributed by atoms with E-state index >= 15 is 0 Å². The van der Waals surface area contributed by atoms with Crippen LogP contribution < -0.4 is 25.3 Å². The number of benzene rings is 2. The summed E-state index contributed by atoms with van der Waals surface area (Å²) in [6.07, 6.45) is 8.54. The molecule has 0 spiro atoms. The van der Waals surface area contributed by atoms with E-state index in [2.05, 4.69) is 37.0 Å². The molecule has 4 aliphatic rings. The average molecular weight is 664 g/mol. The van der Waals surface area contributed by atoms with Gasteiger partial charge in [0, 0.05) is 50.8 Å². The van der Waals surface area contributed by atoms with Gasteiger partial charge in [0.15, 0.2) is 5.82 Å². The predicted molar refractivity (Wildman–Crippen MR) is 179 cm³/mol. The van der Waals surface area contributed by atoms with Crippen LogP contribution in [0.3, 0.4) is 0 Å². The second-order valence-corrected chi connectivity index (χ2v) is 12.8. The molecule has 0 radical (unpaired) electrons. The zero-order chi connectivity index (χ0) is 32.5. The summed E-state index contributed by atoms with van der Waals surface area (Å²) in [5, 5.41) is 8.09. The molecular formula is C34H39ClFN7O4. The number of rotatable bonds is 9. The number of nitrogens with one attached hydrogen (secondary N) is 2. The smallest absolute Gasteiger partial charge is 0.247 e. The lowest BCUT2D eigenvalue weighted by molar-refractivity contribution is -0.111. The Morgan fingerprint density at radius 1 is 1.06 bits per heavy atom. The Labute approximate surface area is 278 Å². The normalized spacial score (nSPS) is 23.2. The lowest BCUT2D eigenvalue weighted by atomic mass is 10.0. The summed E-state index contributed by atoms with van der Waals surface area (Å²) in [7, 11) is 1.62. The fourth-order valence-electron chi connectivity index (χ4n) is 7.19. The van der Waals surface area contributed by atoms with E-state index in [-0.39, 0.29) is 17.0 Å². The molecule has 4 saturated heterocycles. The molecular weight excluding hydrogens is 625 g/mol. The van der Waals surface area contributed by atoms with Crippen molar-refractivity contribution in [3.8, 4) is 5.75 Å². The summed E-state index contributed by atoms with van der Waals surface area (Å²) in [5.41, 5.74) is 2.97. The molecule has 3 aromatic rings. The van der Waals surface area contributed by atoms with Gasteiger partial charge in [-0.2, -0.15) is 0 Å². The first-order chi connectivity index (χ1) is 22.9. The van der Waals surface area contributed by atoms with E-state index in [4.69, 9.17) is 25.9 Å². The van der Waals surface area contributed by atoms with Gasteiger partial charge in [0.1, 0.15) is 23.7 Å². The van der Waals surface area contributed by atoms with E-state index in [9.17, 15) is 9.18 Å². The molecule has 4 aliphatic heterocycles. The summed E-state index contributed by atoms with van der Waals surface area (Å²) >= 11 is 6.07. The number of hydrogen-bond acceptors (Lipinski definition) is 10. The van der Waals surface area contributed by atoms with Crippen LogP contribution in [0.25, 0.3) is 0 Å². The van der Waals surface area contributed by atoms with Crippen LogP contribution >= 0.6 is 11.6 Å². The van der Waals surface area contributed by atoms with Crippen LogP contribution in [0.15, 0.2) is 55.4 Å². The van der Waals surface area contributed by atoms with Crippen molar-refractivity contribution in [1.82, 2.24) is 14.9 Å². The lowest BCUT2D eigenvalue weighted by Gasteiger charge is -2.43. The Bertz CT molecular complexity index is 1630. The SMILES string of the molecule is C=CC(=O)Nc1cc(Nc2cc(N3OCC[C@@H]3c3ccc(F)c(Cl)c3)ncn2)c(OC)cc1N1CCC(N2C[C@H]3CC[C@@H](C2)O3)CC1. The Morgan fingerprint density at radius 3 is 2.57 bits per heavy atom. The van der Waals surface area contributed by atoms with Crippen LogP contribution in [0.4, 0.5) is 33.1 Å². The zero-order valence-corrected chi connectivity index (χ0v) is 27.1. The van der Waals surface area contributed by atoms with E-state index in [0.717, 1.165) is 50.3 Å². The number of anilines is 5. The van der Waals surface area contributed by atoms with Gasteiger partial charge in [0.25, 0.3) is 0 Å². The molecule has 0 aliphatic carbocycles. The van der Waals surface area contributed by atoms with Gasteiger partial charge in [-0.05, 0) is 55.5 Å². The molecule has 2 N–H and O–H groups in total. The first kappa shape index (κ1) is 31.6. The van der Waals surface area contributed by atoms with E-state index in [1.165, 1.54) is 31.3 Å². The minimum absolute atomic E-state index is 0.0578. The second kappa shape index (κ2) is 13.6. The predicted octanol–water partition coefficient (Wildman–Crippen LogP) is 5.86. The molecule has 248 valence electrons. The number of piperidine rings is 1. The van der Waals surface area contributed by atoms with Gasteiger partial charge in [-0.3, -0.25) is 14.5 Å². The van der Waals surface area contributed by atoms with Gasteiger partial charge in [-0.25, -0.2) is 19.4 Å². The molecule has 0 saturated carbocycles. The van der Waals surface area contributed by atoms with Crippen LogP contribution in [0.5, 0.6) is 5.75 Å². The summed E-state index contributed by atoms with van der Waals surface area (Å²) in [6, 6.07) is 10.6. The molecule has 13 heteroatoms. The number of carbonyl (C=O) groups is 1. The van der Waals surface area contributed by atoms with Gasteiger partial charge in [-0.15, -0.1) is 0 Å². The van der Waals surface area contributed by atoms with Crippen molar-refractivity contribution >= 4 is 46.2 Å². The monoisotopic (exact) mass is 663 g/mol. The minimum atomic E-state index is -0.470. The van der Waals surface area contributed by atoms with Crippen LogP contribution in [0, 0.1) is 5.82 Å². The molecule has 0 unspecified atom stereocenters. The molecule has 5 heterocycles. The Morgan fingerprint density at radius 2 is 1.85 bits per heavy atom. The maximum absolute atomic E-state index is 13.8. The maximum atomic E-state index is 13.8. The van der Waals surface area contributed by atoms with Gasteiger partial charge in [-0.1, -0.05) is 24.2 Å². The first-order valence-electron chi connectivity index (χ1n) is 16.1. The molecule has 2 bridgehead atoms. The third-order valence-electron chi connectivity index (χ3n) is 9.53. The minimum Gasteiger partial charge on any atom is -0.494 e. The van der Waals surface area contributed by atoms with Gasteiger partial charge in [0.2, 0.25) is 5.91 Å². The van der Waals surface area contributed by atoms with Crippen molar-refractivity contribution in [3.05, 3.63) is 71.8 Å². The molecule has 1 amide bonds. The third-order valence-corrected chi connectivity index (χ3v) is 9.82.